The van der Waals surface area contributed by atoms with Crippen LogP contribution in [0.1, 0.15) is 44.6 Å². The van der Waals surface area contributed by atoms with Crippen LogP contribution in [0.15, 0.2) is 54.6 Å². The van der Waals surface area contributed by atoms with Crippen LogP contribution in [-0.4, -0.2) is 35.4 Å². The highest BCUT2D eigenvalue weighted by atomic mass is 19.1. The molecule has 0 radical (unpaired) electrons. The van der Waals surface area contributed by atoms with E-state index in [0.29, 0.717) is 18.7 Å². The van der Waals surface area contributed by atoms with Gasteiger partial charge in [0, 0.05) is 12.6 Å². The molecule has 1 fully saturated rings. The second-order valence-corrected chi connectivity index (χ2v) is 7.66. The lowest BCUT2D eigenvalue weighted by Gasteiger charge is -2.31. The molecule has 0 heterocycles. The third kappa shape index (κ3) is 6.05. The number of ether oxygens (including phenoxy) is 1. The van der Waals surface area contributed by atoms with Gasteiger partial charge in [0.05, 0.1) is 0 Å². The van der Waals surface area contributed by atoms with Gasteiger partial charge in [-0.3, -0.25) is 9.59 Å². The van der Waals surface area contributed by atoms with E-state index >= 15 is 0 Å². The molecule has 1 aliphatic carbocycles. The van der Waals surface area contributed by atoms with Crippen LogP contribution < -0.4 is 10.1 Å². The van der Waals surface area contributed by atoms with Gasteiger partial charge in [0.2, 0.25) is 5.91 Å². The van der Waals surface area contributed by atoms with Crippen LogP contribution >= 0.6 is 0 Å². The molecule has 1 unspecified atom stereocenters. The van der Waals surface area contributed by atoms with E-state index in [0.717, 1.165) is 31.2 Å². The Hall–Kier alpha value is -2.89. The van der Waals surface area contributed by atoms with Crippen molar-refractivity contribution in [2.24, 2.45) is 0 Å². The molecule has 5 nitrogen and oxygen atoms in total. The molecule has 2 amide bonds. The van der Waals surface area contributed by atoms with Gasteiger partial charge in [-0.15, -0.1) is 0 Å². The zero-order valence-corrected chi connectivity index (χ0v) is 17.4. The Morgan fingerprint density at radius 3 is 2.40 bits per heavy atom. The van der Waals surface area contributed by atoms with Gasteiger partial charge >= 0.3 is 0 Å². The minimum absolute atomic E-state index is 0.115. The number of rotatable bonds is 9. The standard InChI is InChI=1S/C24H29FN2O3/c1-2-22(24(29)26-20-10-6-7-11-20)27(16-18-8-4-3-5-9-18)23(28)17-30-21-14-12-19(25)13-15-21/h3-5,8-9,12-15,20,22H,2,6-7,10-11,16-17H2,1H3,(H,26,29). The predicted octanol–water partition coefficient (Wildman–Crippen LogP) is 4.07. The first-order valence-electron chi connectivity index (χ1n) is 10.6. The van der Waals surface area contributed by atoms with E-state index < -0.39 is 6.04 Å². The number of hydrogen-bond donors (Lipinski definition) is 1. The van der Waals surface area contributed by atoms with Crippen molar-refractivity contribution in [1.82, 2.24) is 10.2 Å². The summed E-state index contributed by atoms with van der Waals surface area (Å²) >= 11 is 0. The number of hydrogen-bond acceptors (Lipinski definition) is 3. The second-order valence-electron chi connectivity index (χ2n) is 7.66. The van der Waals surface area contributed by atoms with Crippen LogP contribution in [0.5, 0.6) is 5.75 Å². The molecule has 1 saturated carbocycles. The third-order valence-corrected chi connectivity index (χ3v) is 5.46. The van der Waals surface area contributed by atoms with Crippen LogP contribution in [-0.2, 0) is 16.1 Å². The summed E-state index contributed by atoms with van der Waals surface area (Å²) in [5.41, 5.74) is 0.944. The Balaban J connectivity index is 1.72. The minimum atomic E-state index is -0.574. The van der Waals surface area contributed by atoms with E-state index in [1.165, 1.54) is 24.3 Å². The summed E-state index contributed by atoms with van der Waals surface area (Å²) in [6, 6.07) is 14.7. The van der Waals surface area contributed by atoms with Crippen molar-refractivity contribution in [3.63, 3.8) is 0 Å². The topological polar surface area (TPSA) is 58.6 Å². The number of carbonyl (C=O) groups excluding carboxylic acids is 2. The molecule has 30 heavy (non-hydrogen) atoms. The molecule has 2 aromatic rings. The fourth-order valence-electron chi connectivity index (χ4n) is 3.83. The van der Waals surface area contributed by atoms with Gasteiger partial charge in [-0.1, -0.05) is 50.1 Å². The van der Waals surface area contributed by atoms with Crippen LogP contribution in [0.3, 0.4) is 0 Å². The van der Waals surface area contributed by atoms with Crippen molar-refractivity contribution in [2.45, 2.75) is 57.7 Å². The molecule has 6 heteroatoms. The van der Waals surface area contributed by atoms with Gasteiger partial charge < -0.3 is 15.0 Å². The normalized spacial score (nSPS) is 14.9. The molecule has 0 spiro atoms. The smallest absolute Gasteiger partial charge is 0.261 e. The predicted molar refractivity (Wildman–Crippen MR) is 113 cm³/mol. The summed E-state index contributed by atoms with van der Waals surface area (Å²) in [7, 11) is 0. The van der Waals surface area contributed by atoms with E-state index in [4.69, 9.17) is 4.74 Å². The maximum absolute atomic E-state index is 13.1. The highest BCUT2D eigenvalue weighted by Gasteiger charge is 2.30. The summed E-state index contributed by atoms with van der Waals surface area (Å²) in [6.07, 6.45) is 4.73. The highest BCUT2D eigenvalue weighted by molar-refractivity contribution is 5.88. The summed E-state index contributed by atoms with van der Waals surface area (Å²) < 4.78 is 18.6. The summed E-state index contributed by atoms with van der Waals surface area (Å²) in [4.78, 5) is 27.7. The summed E-state index contributed by atoms with van der Waals surface area (Å²) in [5, 5.41) is 3.12. The molecule has 1 N–H and O–H groups in total. The average molecular weight is 413 g/mol. The van der Waals surface area contributed by atoms with Gasteiger partial charge in [0.1, 0.15) is 17.6 Å². The maximum atomic E-state index is 13.1. The van der Waals surface area contributed by atoms with Gasteiger partial charge in [-0.25, -0.2) is 4.39 Å². The van der Waals surface area contributed by atoms with Crippen molar-refractivity contribution in [2.75, 3.05) is 6.61 Å². The fraction of sp³-hybridized carbons (Fsp3) is 0.417. The molecule has 0 bridgehead atoms. The minimum Gasteiger partial charge on any atom is -0.484 e. The molecule has 0 aromatic heterocycles. The van der Waals surface area contributed by atoms with Crippen LogP contribution in [0.25, 0.3) is 0 Å². The SMILES string of the molecule is CCC(C(=O)NC1CCCC1)N(Cc1ccccc1)C(=O)COc1ccc(F)cc1. The molecular weight excluding hydrogens is 383 g/mol. The van der Waals surface area contributed by atoms with E-state index in [9.17, 15) is 14.0 Å². The third-order valence-electron chi connectivity index (χ3n) is 5.46. The second kappa shape index (κ2) is 10.8. The van der Waals surface area contributed by atoms with Crippen molar-refractivity contribution < 1.29 is 18.7 Å². The van der Waals surface area contributed by atoms with Crippen molar-refractivity contribution in [3.05, 3.63) is 66.0 Å². The number of amides is 2. The number of benzene rings is 2. The highest BCUT2D eigenvalue weighted by Crippen LogP contribution is 2.19. The maximum Gasteiger partial charge on any atom is 0.261 e. The zero-order chi connectivity index (χ0) is 21.3. The first-order chi connectivity index (χ1) is 14.6. The molecule has 1 atom stereocenters. The van der Waals surface area contributed by atoms with Crippen molar-refractivity contribution in [3.8, 4) is 5.75 Å². The van der Waals surface area contributed by atoms with E-state index in [1.54, 1.807) is 4.90 Å². The molecule has 3 rings (SSSR count). The molecule has 0 saturated heterocycles. The van der Waals surface area contributed by atoms with Crippen molar-refractivity contribution >= 4 is 11.8 Å². The van der Waals surface area contributed by atoms with Crippen molar-refractivity contribution in [1.29, 1.82) is 0 Å². The lowest BCUT2D eigenvalue weighted by Crippen LogP contribution is -2.52. The Kier molecular flexibility index (Phi) is 7.82. The number of halogens is 1. The first-order valence-corrected chi connectivity index (χ1v) is 10.6. The fourth-order valence-corrected chi connectivity index (χ4v) is 3.83. The Labute approximate surface area is 177 Å². The number of carbonyl (C=O) groups is 2. The quantitative estimate of drug-likeness (QED) is 0.675. The monoisotopic (exact) mass is 412 g/mol. The van der Waals surface area contributed by atoms with Gasteiger partial charge in [-0.2, -0.15) is 0 Å². The first kappa shape index (κ1) is 21.8. The molecule has 160 valence electrons. The Morgan fingerprint density at radius 1 is 1.10 bits per heavy atom. The lowest BCUT2D eigenvalue weighted by atomic mass is 10.1. The van der Waals surface area contributed by atoms with Crippen LogP contribution in [0.2, 0.25) is 0 Å². The zero-order valence-electron chi connectivity index (χ0n) is 17.4. The molecule has 0 aliphatic heterocycles. The average Bonchev–Trinajstić information content (AvgIpc) is 3.26. The van der Waals surface area contributed by atoms with E-state index in [1.807, 2.05) is 37.3 Å². The summed E-state index contributed by atoms with van der Waals surface area (Å²) in [6.45, 7) is 2.01. The number of nitrogens with zero attached hydrogens (tertiary/aromatic N) is 1. The molecular formula is C24H29FN2O3. The Morgan fingerprint density at radius 2 is 1.77 bits per heavy atom. The molecule has 1 aliphatic rings. The van der Waals surface area contributed by atoms with Gasteiger partial charge in [-0.05, 0) is 49.1 Å². The van der Waals surface area contributed by atoms with Gasteiger partial charge in [0.15, 0.2) is 6.61 Å². The van der Waals surface area contributed by atoms with Gasteiger partial charge in [0.25, 0.3) is 5.91 Å². The summed E-state index contributed by atoms with van der Waals surface area (Å²) in [5.74, 6) is -0.353. The van der Waals surface area contributed by atoms with Crippen LogP contribution in [0.4, 0.5) is 4.39 Å². The number of nitrogens with one attached hydrogen (secondary N) is 1. The Bertz CT molecular complexity index is 820. The van der Waals surface area contributed by atoms with E-state index in [2.05, 4.69) is 5.32 Å². The molecule has 2 aromatic carbocycles. The van der Waals surface area contributed by atoms with Crippen LogP contribution in [0, 0.1) is 5.82 Å². The largest absolute Gasteiger partial charge is 0.484 e. The van der Waals surface area contributed by atoms with E-state index in [-0.39, 0.29) is 30.3 Å². The lowest BCUT2D eigenvalue weighted by molar-refractivity contribution is -0.143.